The number of hydrogen-bond acceptors (Lipinski definition) is 6. The Kier molecular flexibility index (Phi) is 4.18. The maximum atomic E-state index is 10.8. The molecule has 6 nitrogen and oxygen atoms in total. The summed E-state index contributed by atoms with van der Waals surface area (Å²) in [7, 11) is 0. The molecular weight excluding hydrogens is 204 g/mol. The van der Waals surface area contributed by atoms with Crippen molar-refractivity contribution in [2.75, 3.05) is 6.61 Å². The van der Waals surface area contributed by atoms with Gasteiger partial charge < -0.3 is 25.2 Å². The first kappa shape index (κ1) is 12.5. The van der Waals surface area contributed by atoms with Crippen LogP contribution in [-0.2, 0) is 9.53 Å². The van der Waals surface area contributed by atoms with E-state index in [1.807, 2.05) is 0 Å². The monoisotopic (exact) mass is 220 g/mol. The van der Waals surface area contributed by atoms with E-state index in [2.05, 4.69) is 0 Å². The molecule has 0 amide bonds. The number of aliphatic hydroxyl groups excluding tert-OH is 4. The van der Waals surface area contributed by atoms with Crippen LogP contribution in [0.2, 0.25) is 0 Å². The zero-order valence-corrected chi connectivity index (χ0v) is 8.41. The first-order chi connectivity index (χ1) is 6.97. The summed E-state index contributed by atoms with van der Waals surface area (Å²) in [5.41, 5.74) is 0. The molecule has 88 valence electrons. The third-order valence-electron chi connectivity index (χ3n) is 2.48. The Labute approximate surface area is 87.1 Å². The average molecular weight is 220 g/mol. The third-order valence-corrected chi connectivity index (χ3v) is 2.48. The highest BCUT2D eigenvalue weighted by Gasteiger charge is 2.43. The van der Waals surface area contributed by atoms with Gasteiger partial charge in [-0.2, -0.15) is 0 Å². The maximum absolute atomic E-state index is 10.8. The standard InChI is InChI=1S/C9H16O6/c1-4(11)2-5-7(12)9(14)8(13)6(3-10)15-5/h5-10,12-14H,2-3H2,1H3/t5-,6?,7-,8+,9+/m0/s1. The Morgan fingerprint density at radius 2 is 1.67 bits per heavy atom. The van der Waals surface area contributed by atoms with Crippen LogP contribution in [0, 0.1) is 0 Å². The van der Waals surface area contributed by atoms with E-state index in [1.54, 1.807) is 0 Å². The first-order valence-corrected chi connectivity index (χ1v) is 4.77. The van der Waals surface area contributed by atoms with E-state index in [0.717, 1.165) is 0 Å². The van der Waals surface area contributed by atoms with Crippen LogP contribution in [0.25, 0.3) is 0 Å². The first-order valence-electron chi connectivity index (χ1n) is 4.77. The molecule has 0 aromatic rings. The molecule has 0 saturated carbocycles. The number of hydrogen-bond donors (Lipinski definition) is 4. The Balaban J connectivity index is 2.69. The molecule has 5 atom stereocenters. The van der Waals surface area contributed by atoms with Crippen molar-refractivity contribution < 1.29 is 30.0 Å². The molecule has 1 unspecified atom stereocenters. The van der Waals surface area contributed by atoms with Gasteiger partial charge in [-0.15, -0.1) is 0 Å². The number of ketones is 1. The summed E-state index contributed by atoms with van der Waals surface area (Å²) < 4.78 is 5.11. The quantitative estimate of drug-likeness (QED) is 0.430. The van der Waals surface area contributed by atoms with E-state index >= 15 is 0 Å². The second kappa shape index (κ2) is 5.00. The van der Waals surface area contributed by atoms with Gasteiger partial charge >= 0.3 is 0 Å². The van der Waals surface area contributed by atoms with E-state index in [4.69, 9.17) is 9.84 Å². The molecule has 0 aromatic heterocycles. The van der Waals surface area contributed by atoms with Crippen LogP contribution in [0.5, 0.6) is 0 Å². The Bertz CT molecular complexity index is 229. The topological polar surface area (TPSA) is 107 Å². The molecular formula is C9H16O6. The summed E-state index contributed by atoms with van der Waals surface area (Å²) in [6.07, 6.45) is -5.95. The minimum absolute atomic E-state index is 0.0541. The fourth-order valence-corrected chi connectivity index (χ4v) is 1.63. The molecule has 1 aliphatic rings. The number of aliphatic hydroxyl groups is 4. The smallest absolute Gasteiger partial charge is 0.132 e. The van der Waals surface area contributed by atoms with Crippen molar-refractivity contribution in [3.63, 3.8) is 0 Å². The lowest BCUT2D eigenvalue weighted by Gasteiger charge is -2.39. The van der Waals surface area contributed by atoms with Crippen molar-refractivity contribution in [2.45, 2.75) is 43.9 Å². The van der Waals surface area contributed by atoms with Gasteiger partial charge in [-0.1, -0.05) is 0 Å². The predicted molar refractivity (Wildman–Crippen MR) is 49.1 cm³/mol. The fourth-order valence-electron chi connectivity index (χ4n) is 1.63. The minimum atomic E-state index is -1.40. The molecule has 1 fully saturated rings. The highest BCUT2D eigenvalue weighted by atomic mass is 16.5. The molecule has 1 heterocycles. The number of rotatable bonds is 3. The molecule has 4 N–H and O–H groups in total. The SMILES string of the molecule is CC(=O)C[C@@H]1OC(CO)[C@@H](O)[C@H](O)[C@H]1O. The number of ether oxygens (including phenoxy) is 1. The Hall–Kier alpha value is -0.530. The van der Waals surface area contributed by atoms with Crippen LogP contribution in [0.3, 0.4) is 0 Å². The van der Waals surface area contributed by atoms with Crippen molar-refractivity contribution in [2.24, 2.45) is 0 Å². The molecule has 15 heavy (non-hydrogen) atoms. The summed E-state index contributed by atoms with van der Waals surface area (Å²) in [5, 5.41) is 37.2. The average Bonchev–Trinajstić information content (AvgIpc) is 2.18. The van der Waals surface area contributed by atoms with Crippen LogP contribution in [0.15, 0.2) is 0 Å². The van der Waals surface area contributed by atoms with Gasteiger partial charge in [-0.25, -0.2) is 0 Å². The molecule has 0 bridgehead atoms. The number of Topliss-reactive ketones (excluding diaryl/α,β-unsaturated/α-hetero) is 1. The molecule has 1 rings (SSSR count). The van der Waals surface area contributed by atoms with Crippen LogP contribution in [-0.4, -0.2) is 63.3 Å². The maximum Gasteiger partial charge on any atom is 0.132 e. The summed E-state index contributed by atoms with van der Waals surface area (Å²) in [5.74, 6) is -0.195. The van der Waals surface area contributed by atoms with E-state index in [1.165, 1.54) is 6.92 Å². The van der Waals surface area contributed by atoms with Gasteiger partial charge in [0, 0.05) is 6.42 Å². The van der Waals surface area contributed by atoms with Crippen LogP contribution < -0.4 is 0 Å². The van der Waals surface area contributed by atoms with Gasteiger partial charge in [-0.3, -0.25) is 4.79 Å². The van der Waals surface area contributed by atoms with Gasteiger partial charge in [0.25, 0.3) is 0 Å². The predicted octanol–water partition coefficient (Wildman–Crippen LogP) is -2.19. The fraction of sp³-hybridized carbons (Fsp3) is 0.889. The normalized spacial score (nSPS) is 41.5. The second-order valence-corrected chi connectivity index (χ2v) is 3.77. The lowest BCUT2D eigenvalue weighted by atomic mass is 9.93. The largest absolute Gasteiger partial charge is 0.394 e. The van der Waals surface area contributed by atoms with E-state index in [9.17, 15) is 20.1 Å². The summed E-state index contributed by atoms with van der Waals surface area (Å²) >= 11 is 0. The zero-order valence-electron chi connectivity index (χ0n) is 8.41. The molecule has 1 aliphatic heterocycles. The van der Waals surface area contributed by atoms with E-state index in [-0.39, 0.29) is 12.2 Å². The Morgan fingerprint density at radius 3 is 2.13 bits per heavy atom. The summed E-state index contributed by atoms with van der Waals surface area (Å²) in [6.45, 7) is 0.862. The highest BCUT2D eigenvalue weighted by Crippen LogP contribution is 2.23. The van der Waals surface area contributed by atoms with Crippen LogP contribution in [0.1, 0.15) is 13.3 Å². The minimum Gasteiger partial charge on any atom is -0.394 e. The van der Waals surface area contributed by atoms with Crippen molar-refractivity contribution in [3.8, 4) is 0 Å². The van der Waals surface area contributed by atoms with Gasteiger partial charge in [0.1, 0.15) is 30.2 Å². The molecule has 0 aromatic carbocycles. The molecule has 1 saturated heterocycles. The lowest BCUT2D eigenvalue weighted by Crippen LogP contribution is -2.58. The molecule has 6 heteroatoms. The van der Waals surface area contributed by atoms with Gasteiger partial charge in [0.2, 0.25) is 0 Å². The molecule has 0 radical (unpaired) electrons. The van der Waals surface area contributed by atoms with Crippen molar-refractivity contribution in [3.05, 3.63) is 0 Å². The lowest BCUT2D eigenvalue weighted by molar-refractivity contribution is -0.229. The summed E-state index contributed by atoms with van der Waals surface area (Å²) in [6, 6.07) is 0. The number of carbonyl (C=O) groups excluding carboxylic acids is 1. The third kappa shape index (κ3) is 2.73. The van der Waals surface area contributed by atoms with E-state index < -0.39 is 37.1 Å². The van der Waals surface area contributed by atoms with Gasteiger partial charge in [-0.05, 0) is 6.92 Å². The van der Waals surface area contributed by atoms with Gasteiger partial charge in [0.05, 0.1) is 12.7 Å². The molecule has 0 spiro atoms. The van der Waals surface area contributed by atoms with Crippen LogP contribution >= 0.6 is 0 Å². The second-order valence-electron chi connectivity index (χ2n) is 3.77. The van der Waals surface area contributed by atoms with Crippen molar-refractivity contribution in [1.82, 2.24) is 0 Å². The zero-order chi connectivity index (χ0) is 11.6. The van der Waals surface area contributed by atoms with Crippen LogP contribution in [0.4, 0.5) is 0 Å². The van der Waals surface area contributed by atoms with Gasteiger partial charge in [0.15, 0.2) is 0 Å². The summed E-state index contributed by atoms with van der Waals surface area (Å²) in [4.78, 5) is 10.8. The Morgan fingerprint density at radius 1 is 1.13 bits per heavy atom. The van der Waals surface area contributed by atoms with Crippen molar-refractivity contribution >= 4 is 5.78 Å². The number of carbonyl (C=O) groups is 1. The van der Waals surface area contributed by atoms with Crippen molar-refractivity contribution in [1.29, 1.82) is 0 Å². The van der Waals surface area contributed by atoms with E-state index in [0.29, 0.717) is 0 Å². The molecule has 0 aliphatic carbocycles. The highest BCUT2D eigenvalue weighted by molar-refractivity contribution is 5.76.